The van der Waals surface area contributed by atoms with Gasteiger partial charge in [0.1, 0.15) is 0 Å². The highest BCUT2D eigenvalue weighted by Gasteiger charge is 2.33. The molecule has 2 heteroatoms. The number of hydrogen-bond acceptors (Lipinski definition) is 2. The van der Waals surface area contributed by atoms with E-state index in [2.05, 4.69) is 33.0 Å². The van der Waals surface area contributed by atoms with Crippen LogP contribution in [0.1, 0.15) is 59.8 Å². The van der Waals surface area contributed by atoms with E-state index in [0.29, 0.717) is 18.1 Å². The minimum atomic E-state index is 0.355. The molecule has 0 spiro atoms. The lowest BCUT2D eigenvalue weighted by Gasteiger charge is -2.39. The van der Waals surface area contributed by atoms with Crippen LogP contribution in [0.25, 0.3) is 0 Å². The quantitative estimate of drug-likeness (QED) is 0.746. The van der Waals surface area contributed by atoms with Crippen LogP contribution in [0.4, 0.5) is 0 Å². The first-order valence-electron chi connectivity index (χ1n) is 7.90. The van der Waals surface area contributed by atoms with Gasteiger partial charge in [-0.2, -0.15) is 0 Å². The Morgan fingerprint density at radius 3 is 2.11 bits per heavy atom. The summed E-state index contributed by atoms with van der Waals surface area (Å²) in [5.41, 5.74) is 0. The van der Waals surface area contributed by atoms with E-state index in [1.54, 1.807) is 0 Å². The number of hydrogen-bond donors (Lipinski definition) is 1. The lowest BCUT2D eigenvalue weighted by molar-refractivity contribution is 0.00610. The van der Waals surface area contributed by atoms with Crippen molar-refractivity contribution in [2.45, 2.75) is 71.9 Å². The second-order valence-electron chi connectivity index (χ2n) is 6.22. The molecular weight excluding hydrogens is 222 g/mol. The Labute approximate surface area is 114 Å². The molecule has 0 saturated heterocycles. The Morgan fingerprint density at radius 2 is 1.72 bits per heavy atom. The predicted octanol–water partition coefficient (Wildman–Crippen LogP) is 3.85. The molecule has 0 amide bonds. The van der Waals surface area contributed by atoms with Crippen LogP contribution in [0.2, 0.25) is 0 Å². The molecule has 1 fully saturated rings. The lowest BCUT2D eigenvalue weighted by Crippen LogP contribution is -2.49. The van der Waals surface area contributed by atoms with Crippen molar-refractivity contribution < 1.29 is 4.74 Å². The molecule has 1 rings (SSSR count). The molecule has 0 aliphatic heterocycles. The molecule has 18 heavy (non-hydrogen) atoms. The third-order valence-corrected chi connectivity index (χ3v) is 4.70. The summed E-state index contributed by atoms with van der Waals surface area (Å²) in [6.45, 7) is 10.1. The third-order valence-electron chi connectivity index (χ3n) is 4.70. The van der Waals surface area contributed by atoms with Crippen molar-refractivity contribution in [3.8, 4) is 0 Å². The highest BCUT2D eigenvalue weighted by molar-refractivity contribution is 4.88. The summed E-state index contributed by atoms with van der Waals surface area (Å²) >= 11 is 0. The van der Waals surface area contributed by atoms with Crippen LogP contribution in [0.5, 0.6) is 0 Å². The monoisotopic (exact) mass is 255 g/mol. The van der Waals surface area contributed by atoms with Gasteiger partial charge >= 0.3 is 0 Å². The van der Waals surface area contributed by atoms with E-state index in [0.717, 1.165) is 18.4 Å². The molecule has 2 nitrogen and oxygen atoms in total. The summed E-state index contributed by atoms with van der Waals surface area (Å²) in [5.74, 6) is 2.37. The van der Waals surface area contributed by atoms with Crippen LogP contribution in [0, 0.1) is 17.8 Å². The van der Waals surface area contributed by atoms with Crippen LogP contribution in [-0.4, -0.2) is 25.8 Å². The van der Waals surface area contributed by atoms with E-state index >= 15 is 0 Å². The average Bonchev–Trinajstić information content (AvgIpc) is 2.38. The fourth-order valence-electron chi connectivity index (χ4n) is 3.58. The summed E-state index contributed by atoms with van der Waals surface area (Å²) in [7, 11) is 1.87. The smallest absolute Gasteiger partial charge is 0.0749 e. The van der Waals surface area contributed by atoms with E-state index in [1.165, 1.54) is 32.1 Å². The highest BCUT2D eigenvalue weighted by Crippen LogP contribution is 2.34. The Kier molecular flexibility index (Phi) is 7.25. The van der Waals surface area contributed by atoms with Crippen LogP contribution >= 0.6 is 0 Å². The molecule has 0 bridgehead atoms. The second-order valence-corrected chi connectivity index (χ2v) is 6.22. The van der Waals surface area contributed by atoms with Gasteiger partial charge in [-0.3, -0.25) is 0 Å². The van der Waals surface area contributed by atoms with Gasteiger partial charge in [0.25, 0.3) is 0 Å². The molecule has 0 aromatic rings. The van der Waals surface area contributed by atoms with Crippen LogP contribution in [-0.2, 0) is 4.74 Å². The number of likely N-dealkylation sites (N-methyl/N-ethyl adjacent to an activating group) is 1. The van der Waals surface area contributed by atoms with E-state index < -0.39 is 0 Å². The van der Waals surface area contributed by atoms with Gasteiger partial charge in [0.05, 0.1) is 6.10 Å². The number of methoxy groups -OCH3 is 1. The molecule has 0 aromatic carbocycles. The summed E-state index contributed by atoms with van der Waals surface area (Å²) in [6, 6.07) is 0.540. The minimum absolute atomic E-state index is 0.355. The van der Waals surface area contributed by atoms with Gasteiger partial charge < -0.3 is 10.1 Å². The Balaban J connectivity index is 2.61. The molecule has 2 atom stereocenters. The van der Waals surface area contributed by atoms with Crippen molar-refractivity contribution in [1.82, 2.24) is 5.32 Å². The van der Waals surface area contributed by atoms with E-state index in [4.69, 9.17) is 4.74 Å². The molecule has 1 aliphatic carbocycles. The molecule has 1 N–H and O–H groups in total. The van der Waals surface area contributed by atoms with Crippen molar-refractivity contribution in [1.29, 1.82) is 0 Å². The van der Waals surface area contributed by atoms with E-state index in [-0.39, 0.29) is 0 Å². The zero-order valence-corrected chi connectivity index (χ0v) is 13.0. The van der Waals surface area contributed by atoms with Gasteiger partial charge in [0.2, 0.25) is 0 Å². The molecule has 1 saturated carbocycles. The standard InChI is InChI=1S/C16H33NO/c1-6-13-8-10-14(11-9-13)15(17-7-2)16(18-5)12(3)4/h12-17H,6-11H2,1-5H3. The van der Waals surface area contributed by atoms with Crippen molar-refractivity contribution in [2.75, 3.05) is 13.7 Å². The molecule has 0 radical (unpaired) electrons. The second kappa shape index (κ2) is 8.16. The van der Waals surface area contributed by atoms with Crippen LogP contribution in [0.15, 0.2) is 0 Å². The zero-order valence-electron chi connectivity index (χ0n) is 13.0. The predicted molar refractivity (Wildman–Crippen MR) is 78.8 cm³/mol. The summed E-state index contributed by atoms with van der Waals surface area (Å²) in [6.07, 6.45) is 7.30. The summed E-state index contributed by atoms with van der Waals surface area (Å²) in [4.78, 5) is 0. The topological polar surface area (TPSA) is 21.3 Å². The molecular formula is C16H33NO. The van der Waals surface area contributed by atoms with Gasteiger partial charge in [0.15, 0.2) is 0 Å². The number of ether oxygens (including phenoxy) is 1. The van der Waals surface area contributed by atoms with Gasteiger partial charge in [-0.15, -0.1) is 0 Å². The van der Waals surface area contributed by atoms with Crippen molar-refractivity contribution in [3.05, 3.63) is 0 Å². The molecule has 0 heterocycles. The molecule has 1 aliphatic rings. The van der Waals surface area contributed by atoms with Crippen LogP contribution < -0.4 is 5.32 Å². The fraction of sp³-hybridized carbons (Fsp3) is 1.00. The van der Waals surface area contributed by atoms with Gasteiger partial charge in [-0.1, -0.05) is 47.0 Å². The normalized spacial score (nSPS) is 28.3. The first kappa shape index (κ1) is 16.0. The first-order chi connectivity index (χ1) is 8.63. The third kappa shape index (κ3) is 4.24. The summed E-state index contributed by atoms with van der Waals surface area (Å²) < 4.78 is 5.77. The van der Waals surface area contributed by atoms with Gasteiger partial charge in [-0.05, 0) is 37.1 Å². The molecule has 2 unspecified atom stereocenters. The maximum Gasteiger partial charge on any atom is 0.0749 e. The lowest BCUT2D eigenvalue weighted by atomic mass is 9.75. The van der Waals surface area contributed by atoms with Crippen molar-refractivity contribution in [3.63, 3.8) is 0 Å². The first-order valence-corrected chi connectivity index (χ1v) is 7.90. The zero-order chi connectivity index (χ0) is 13.5. The Hall–Kier alpha value is -0.0800. The van der Waals surface area contributed by atoms with Crippen LogP contribution in [0.3, 0.4) is 0 Å². The minimum Gasteiger partial charge on any atom is -0.380 e. The van der Waals surface area contributed by atoms with Crippen molar-refractivity contribution >= 4 is 0 Å². The van der Waals surface area contributed by atoms with E-state index in [1.807, 2.05) is 7.11 Å². The number of nitrogens with one attached hydrogen (secondary N) is 1. The van der Waals surface area contributed by atoms with Gasteiger partial charge in [-0.25, -0.2) is 0 Å². The van der Waals surface area contributed by atoms with E-state index in [9.17, 15) is 0 Å². The Morgan fingerprint density at radius 1 is 1.11 bits per heavy atom. The molecule has 108 valence electrons. The highest BCUT2D eigenvalue weighted by atomic mass is 16.5. The number of rotatable bonds is 7. The van der Waals surface area contributed by atoms with Gasteiger partial charge in [0, 0.05) is 13.2 Å². The fourth-order valence-corrected chi connectivity index (χ4v) is 3.58. The average molecular weight is 255 g/mol. The maximum atomic E-state index is 5.77. The summed E-state index contributed by atoms with van der Waals surface area (Å²) in [5, 5.41) is 3.69. The van der Waals surface area contributed by atoms with Crippen molar-refractivity contribution in [2.24, 2.45) is 17.8 Å². The molecule has 0 aromatic heterocycles. The SMILES string of the molecule is CCNC(C1CCC(CC)CC1)C(OC)C(C)C. The Bertz CT molecular complexity index is 209. The largest absolute Gasteiger partial charge is 0.380 e. The maximum absolute atomic E-state index is 5.77.